The molecule has 1 heterocycles. The fourth-order valence-electron chi connectivity index (χ4n) is 2.41. The van der Waals surface area contributed by atoms with Crippen LogP contribution >= 0.6 is 0 Å². The van der Waals surface area contributed by atoms with Crippen LogP contribution in [0.15, 0.2) is 0 Å². The average Bonchev–Trinajstić information content (AvgIpc) is 2.97. The number of carbonyl (C=O) groups is 1. The highest BCUT2D eigenvalue weighted by Gasteiger charge is 2.55. The van der Waals surface area contributed by atoms with Crippen molar-refractivity contribution in [2.75, 3.05) is 33.8 Å². The fourth-order valence-corrected chi connectivity index (χ4v) is 2.41. The highest BCUT2D eigenvalue weighted by molar-refractivity contribution is 5.89. The number of likely N-dealkylation sites (N-methyl/N-ethyl adjacent to an activating group) is 1. The minimum atomic E-state index is -0.179. The van der Waals surface area contributed by atoms with E-state index in [0.717, 1.165) is 32.5 Å². The zero-order chi connectivity index (χ0) is 11.1. The van der Waals surface area contributed by atoms with Crippen LogP contribution in [0.5, 0.6) is 0 Å². The van der Waals surface area contributed by atoms with Crippen molar-refractivity contribution in [1.82, 2.24) is 9.80 Å². The maximum atomic E-state index is 12.1. The largest absolute Gasteiger partial charge is 0.376 e. The van der Waals surface area contributed by atoms with Gasteiger partial charge in [0.1, 0.15) is 5.54 Å². The summed E-state index contributed by atoms with van der Waals surface area (Å²) in [5, 5.41) is 0. The molecule has 1 amide bonds. The molecule has 2 rings (SSSR count). The van der Waals surface area contributed by atoms with Crippen molar-refractivity contribution in [2.45, 2.75) is 31.4 Å². The zero-order valence-corrected chi connectivity index (χ0v) is 9.82. The van der Waals surface area contributed by atoms with Crippen LogP contribution in [0.25, 0.3) is 0 Å². The van der Waals surface area contributed by atoms with E-state index in [4.69, 9.17) is 4.74 Å². The van der Waals surface area contributed by atoms with Gasteiger partial charge >= 0.3 is 0 Å². The van der Waals surface area contributed by atoms with Gasteiger partial charge in [-0.2, -0.15) is 0 Å². The lowest BCUT2D eigenvalue weighted by Crippen LogP contribution is -2.54. The number of ether oxygens (including phenoxy) is 1. The summed E-state index contributed by atoms with van der Waals surface area (Å²) in [6.07, 6.45) is 2.28. The monoisotopic (exact) mass is 212 g/mol. The van der Waals surface area contributed by atoms with Gasteiger partial charge < -0.3 is 9.64 Å². The van der Waals surface area contributed by atoms with Crippen LogP contribution < -0.4 is 0 Å². The van der Waals surface area contributed by atoms with Crippen LogP contribution in [0.4, 0.5) is 0 Å². The van der Waals surface area contributed by atoms with Crippen molar-refractivity contribution >= 4 is 5.91 Å². The maximum absolute atomic E-state index is 12.1. The molecule has 0 aromatic rings. The smallest absolute Gasteiger partial charge is 0.242 e. The zero-order valence-electron chi connectivity index (χ0n) is 9.82. The number of hydrogen-bond acceptors (Lipinski definition) is 3. The first-order valence-electron chi connectivity index (χ1n) is 5.65. The molecular weight excluding hydrogens is 192 g/mol. The molecule has 4 nitrogen and oxygen atoms in total. The van der Waals surface area contributed by atoms with E-state index in [1.165, 1.54) is 0 Å². The third kappa shape index (κ3) is 1.88. The third-order valence-electron chi connectivity index (χ3n) is 3.37. The second-order valence-corrected chi connectivity index (χ2v) is 4.86. The Labute approximate surface area is 91.2 Å². The third-order valence-corrected chi connectivity index (χ3v) is 3.37. The van der Waals surface area contributed by atoms with Gasteiger partial charge in [-0.3, -0.25) is 9.69 Å². The lowest BCUT2D eigenvalue weighted by molar-refractivity contribution is -0.139. The van der Waals surface area contributed by atoms with Gasteiger partial charge in [-0.15, -0.1) is 0 Å². The number of morpholine rings is 1. The molecule has 0 bridgehead atoms. The van der Waals surface area contributed by atoms with Crippen molar-refractivity contribution in [3.8, 4) is 0 Å². The summed E-state index contributed by atoms with van der Waals surface area (Å²) in [4.78, 5) is 16.1. The van der Waals surface area contributed by atoms with E-state index in [2.05, 4.69) is 11.8 Å². The second-order valence-electron chi connectivity index (χ2n) is 4.86. The molecule has 0 radical (unpaired) electrons. The predicted octanol–water partition coefficient (Wildman–Crippen LogP) is 0.328. The molecule has 1 unspecified atom stereocenters. The van der Waals surface area contributed by atoms with Gasteiger partial charge in [-0.25, -0.2) is 0 Å². The van der Waals surface area contributed by atoms with Gasteiger partial charge in [0.05, 0.1) is 12.7 Å². The molecule has 0 spiro atoms. The first-order chi connectivity index (χ1) is 7.06. The normalized spacial score (nSPS) is 29.9. The molecule has 1 atom stereocenters. The van der Waals surface area contributed by atoms with E-state index in [1.54, 1.807) is 4.90 Å². The van der Waals surface area contributed by atoms with Crippen molar-refractivity contribution in [2.24, 2.45) is 0 Å². The Morgan fingerprint density at radius 1 is 1.47 bits per heavy atom. The first kappa shape index (κ1) is 10.9. The van der Waals surface area contributed by atoms with E-state index < -0.39 is 0 Å². The quantitative estimate of drug-likeness (QED) is 0.661. The van der Waals surface area contributed by atoms with E-state index in [-0.39, 0.29) is 17.6 Å². The molecule has 86 valence electrons. The van der Waals surface area contributed by atoms with E-state index in [1.807, 2.05) is 14.1 Å². The van der Waals surface area contributed by atoms with Crippen LogP contribution in [0, 0.1) is 0 Å². The summed E-state index contributed by atoms with van der Waals surface area (Å²) in [6.45, 7) is 4.61. The fraction of sp³-hybridized carbons (Fsp3) is 0.909. The molecule has 15 heavy (non-hydrogen) atoms. The van der Waals surface area contributed by atoms with Gasteiger partial charge in [0, 0.05) is 27.2 Å². The Morgan fingerprint density at radius 3 is 2.60 bits per heavy atom. The minimum absolute atomic E-state index is 0.179. The molecule has 2 fully saturated rings. The van der Waals surface area contributed by atoms with Gasteiger partial charge in [-0.1, -0.05) is 0 Å². The van der Waals surface area contributed by atoms with Crippen molar-refractivity contribution in [1.29, 1.82) is 0 Å². The molecular formula is C11H20N2O2. The minimum Gasteiger partial charge on any atom is -0.376 e. The van der Waals surface area contributed by atoms with E-state index in [9.17, 15) is 4.79 Å². The molecule has 1 saturated heterocycles. The highest BCUT2D eigenvalue weighted by atomic mass is 16.5. The second kappa shape index (κ2) is 3.76. The molecule has 4 heteroatoms. The van der Waals surface area contributed by atoms with E-state index in [0.29, 0.717) is 0 Å². The van der Waals surface area contributed by atoms with Crippen molar-refractivity contribution < 1.29 is 9.53 Å². The summed E-state index contributed by atoms with van der Waals surface area (Å²) >= 11 is 0. The molecule has 0 aromatic heterocycles. The summed E-state index contributed by atoms with van der Waals surface area (Å²) in [5.74, 6) is 0.261. The first-order valence-corrected chi connectivity index (χ1v) is 5.65. The van der Waals surface area contributed by atoms with Crippen molar-refractivity contribution in [3.63, 3.8) is 0 Å². The van der Waals surface area contributed by atoms with Gasteiger partial charge in [0.15, 0.2) is 0 Å². The summed E-state index contributed by atoms with van der Waals surface area (Å²) < 4.78 is 5.50. The number of carbonyl (C=O) groups excluding carboxylic acids is 1. The standard InChI is InChI=1S/C11H20N2O2/c1-9-8-13(6-7-15-9)11(4-5-11)10(14)12(2)3/h9H,4-8H2,1-3H3. The van der Waals surface area contributed by atoms with Gasteiger partial charge in [0.25, 0.3) is 0 Å². The Bertz CT molecular complexity index is 261. The molecule has 1 aliphatic heterocycles. The Hall–Kier alpha value is -0.610. The van der Waals surface area contributed by atoms with Crippen LogP contribution in [-0.4, -0.2) is 61.1 Å². The number of rotatable bonds is 2. The van der Waals surface area contributed by atoms with Crippen LogP contribution in [-0.2, 0) is 9.53 Å². The summed E-state index contributed by atoms with van der Waals surface area (Å²) in [6, 6.07) is 0. The number of hydrogen-bond donors (Lipinski definition) is 0. The highest BCUT2D eigenvalue weighted by Crippen LogP contribution is 2.43. The number of amides is 1. The maximum Gasteiger partial charge on any atom is 0.242 e. The van der Waals surface area contributed by atoms with Crippen LogP contribution in [0.2, 0.25) is 0 Å². The van der Waals surface area contributed by atoms with Gasteiger partial charge in [0.2, 0.25) is 5.91 Å². The Kier molecular flexibility index (Phi) is 2.73. The molecule has 1 saturated carbocycles. The van der Waals surface area contributed by atoms with Gasteiger partial charge in [-0.05, 0) is 19.8 Å². The SMILES string of the molecule is CC1CN(C2(C(=O)N(C)C)CC2)CCO1. The average molecular weight is 212 g/mol. The van der Waals surface area contributed by atoms with Crippen LogP contribution in [0.3, 0.4) is 0 Å². The Morgan fingerprint density at radius 2 is 2.13 bits per heavy atom. The lowest BCUT2D eigenvalue weighted by Gasteiger charge is -2.37. The summed E-state index contributed by atoms with van der Waals surface area (Å²) in [7, 11) is 3.68. The predicted molar refractivity (Wildman–Crippen MR) is 57.6 cm³/mol. The van der Waals surface area contributed by atoms with E-state index >= 15 is 0 Å². The Balaban J connectivity index is 2.05. The van der Waals surface area contributed by atoms with Crippen LogP contribution in [0.1, 0.15) is 19.8 Å². The lowest BCUT2D eigenvalue weighted by atomic mass is 10.1. The molecule has 0 aromatic carbocycles. The molecule has 0 N–H and O–H groups in total. The van der Waals surface area contributed by atoms with Crippen molar-refractivity contribution in [3.05, 3.63) is 0 Å². The number of nitrogens with zero attached hydrogens (tertiary/aromatic N) is 2. The molecule has 1 aliphatic carbocycles. The summed E-state index contributed by atoms with van der Waals surface area (Å²) in [5.41, 5.74) is -0.179. The topological polar surface area (TPSA) is 32.8 Å². The molecule has 2 aliphatic rings.